The van der Waals surface area contributed by atoms with Crippen molar-refractivity contribution in [2.75, 3.05) is 5.43 Å². The Hall–Kier alpha value is -1.30. The topological polar surface area (TPSA) is 63.8 Å². The monoisotopic (exact) mass is 294 g/mol. The third kappa shape index (κ3) is 4.09. The van der Waals surface area contributed by atoms with Crippen LogP contribution in [0.2, 0.25) is 5.02 Å². The third-order valence-corrected chi connectivity index (χ3v) is 3.84. The van der Waals surface area contributed by atoms with Crippen LogP contribution in [0.4, 0.5) is 5.82 Å². The molecule has 100 valence electrons. The number of hydrazine groups is 1. The van der Waals surface area contributed by atoms with E-state index in [1.165, 1.54) is 0 Å². The Kier molecular flexibility index (Phi) is 5.01. The van der Waals surface area contributed by atoms with Gasteiger partial charge in [-0.1, -0.05) is 29.8 Å². The molecule has 0 spiro atoms. The number of hydrogen-bond acceptors (Lipinski definition) is 5. The van der Waals surface area contributed by atoms with Crippen LogP contribution in [0, 0.1) is 6.92 Å². The van der Waals surface area contributed by atoms with Gasteiger partial charge in [-0.2, -0.15) is 0 Å². The lowest BCUT2D eigenvalue weighted by molar-refractivity contribution is 0.990. The van der Waals surface area contributed by atoms with Gasteiger partial charge < -0.3 is 5.43 Å². The number of halogens is 1. The van der Waals surface area contributed by atoms with E-state index in [0.29, 0.717) is 5.82 Å². The summed E-state index contributed by atoms with van der Waals surface area (Å²) < 4.78 is 0. The van der Waals surface area contributed by atoms with Crippen molar-refractivity contribution in [1.29, 1.82) is 0 Å². The number of nitrogens with two attached hydrogens (primary N) is 1. The first-order chi connectivity index (χ1) is 9.19. The van der Waals surface area contributed by atoms with Gasteiger partial charge in [-0.05, 0) is 18.6 Å². The molecule has 2 aromatic rings. The van der Waals surface area contributed by atoms with Crippen LogP contribution < -0.4 is 11.3 Å². The van der Waals surface area contributed by atoms with Gasteiger partial charge in [-0.25, -0.2) is 15.8 Å². The summed E-state index contributed by atoms with van der Waals surface area (Å²) in [6.45, 7) is 1.92. The molecule has 6 heteroatoms. The predicted octanol–water partition coefficient (Wildman–Crippen LogP) is 3.16. The quantitative estimate of drug-likeness (QED) is 0.655. The van der Waals surface area contributed by atoms with Gasteiger partial charge in [-0.15, -0.1) is 11.8 Å². The Morgan fingerprint density at radius 3 is 2.79 bits per heavy atom. The van der Waals surface area contributed by atoms with Crippen LogP contribution in [0.3, 0.4) is 0 Å². The molecule has 0 atom stereocenters. The van der Waals surface area contributed by atoms with Crippen LogP contribution in [0.1, 0.15) is 17.1 Å². The summed E-state index contributed by atoms with van der Waals surface area (Å²) in [4.78, 5) is 8.68. The summed E-state index contributed by atoms with van der Waals surface area (Å²) in [6, 6.07) is 9.65. The van der Waals surface area contributed by atoms with Crippen molar-refractivity contribution in [3.8, 4) is 0 Å². The number of nitrogens with one attached hydrogen (secondary N) is 1. The zero-order chi connectivity index (χ0) is 13.7. The number of thioether (sulfide) groups is 1. The Bertz CT molecular complexity index is 562. The van der Waals surface area contributed by atoms with E-state index in [1.54, 1.807) is 11.8 Å². The average molecular weight is 295 g/mol. The highest BCUT2D eigenvalue weighted by Crippen LogP contribution is 2.22. The summed E-state index contributed by atoms with van der Waals surface area (Å²) in [6.07, 6.45) is 0. The van der Waals surface area contributed by atoms with Crippen LogP contribution in [-0.4, -0.2) is 9.97 Å². The van der Waals surface area contributed by atoms with Crippen molar-refractivity contribution < 1.29 is 0 Å². The molecule has 0 fully saturated rings. The number of nitrogens with zero attached hydrogens (tertiary/aromatic N) is 2. The van der Waals surface area contributed by atoms with E-state index in [4.69, 9.17) is 17.4 Å². The predicted molar refractivity (Wildman–Crippen MR) is 81.0 cm³/mol. The second-order valence-corrected chi connectivity index (χ2v) is 5.43. The fourth-order valence-corrected chi connectivity index (χ4v) is 2.80. The molecule has 0 aliphatic heterocycles. The molecule has 19 heavy (non-hydrogen) atoms. The molecule has 4 nitrogen and oxygen atoms in total. The molecule has 0 aliphatic carbocycles. The van der Waals surface area contributed by atoms with Crippen molar-refractivity contribution in [3.63, 3.8) is 0 Å². The number of anilines is 1. The average Bonchev–Trinajstić information content (AvgIpc) is 2.40. The van der Waals surface area contributed by atoms with Crippen LogP contribution >= 0.6 is 23.4 Å². The highest BCUT2D eigenvalue weighted by atomic mass is 35.5. The minimum Gasteiger partial charge on any atom is -0.308 e. The zero-order valence-corrected chi connectivity index (χ0v) is 12.1. The molecule has 0 radical (unpaired) electrons. The maximum absolute atomic E-state index is 6.11. The van der Waals surface area contributed by atoms with Gasteiger partial charge in [0, 0.05) is 22.5 Å². The molecule has 1 aromatic heterocycles. The van der Waals surface area contributed by atoms with Gasteiger partial charge in [0.25, 0.3) is 0 Å². The lowest BCUT2D eigenvalue weighted by Crippen LogP contribution is -2.10. The van der Waals surface area contributed by atoms with E-state index in [9.17, 15) is 0 Å². The van der Waals surface area contributed by atoms with Gasteiger partial charge in [0.15, 0.2) is 0 Å². The van der Waals surface area contributed by atoms with Crippen molar-refractivity contribution in [2.24, 2.45) is 5.84 Å². The maximum Gasteiger partial charge on any atom is 0.143 e. The summed E-state index contributed by atoms with van der Waals surface area (Å²) in [7, 11) is 0. The molecular weight excluding hydrogens is 280 g/mol. The normalized spacial score (nSPS) is 10.5. The smallest absolute Gasteiger partial charge is 0.143 e. The standard InChI is InChI=1S/C13H15ClN4S/c1-9-6-12(18-15)17-13(16-9)8-19-7-10-4-2-3-5-11(10)14/h2-6H,7-8,15H2,1H3,(H,16,17,18). The van der Waals surface area contributed by atoms with E-state index in [1.807, 2.05) is 37.3 Å². The SMILES string of the molecule is Cc1cc(NN)nc(CSCc2ccccc2Cl)n1. The summed E-state index contributed by atoms with van der Waals surface area (Å²) in [5.41, 5.74) is 4.57. The number of nitrogen functional groups attached to an aromatic ring is 1. The Labute approximate surface area is 121 Å². The molecule has 0 amide bonds. The molecule has 0 saturated carbocycles. The van der Waals surface area contributed by atoms with Crippen molar-refractivity contribution in [3.05, 3.63) is 52.4 Å². The molecule has 0 aliphatic rings. The van der Waals surface area contributed by atoms with Crippen molar-refractivity contribution in [1.82, 2.24) is 9.97 Å². The van der Waals surface area contributed by atoms with E-state index >= 15 is 0 Å². The fraction of sp³-hybridized carbons (Fsp3) is 0.231. The minimum absolute atomic E-state index is 0.640. The molecule has 0 saturated heterocycles. The van der Waals surface area contributed by atoms with Crippen LogP contribution in [0.25, 0.3) is 0 Å². The second kappa shape index (κ2) is 6.75. The molecule has 0 unspecified atom stereocenters. The van der Waals surface area contributed by atoms with Gasteiger partial charge in [0.2, 0.25) is 0 Å². The van der Waals surface area contributed by atoms with Crippen LogP contribution in [-0.2, 0) is 11.5 Å². The van der Waals surface area contributed by atoms with Crippen molar-refractivity contribution in [2.45, 2.75) is 18.4 Å². The number of benzene rings is 1. The summed E-state index contributed by atoms with van der Waals surface area (Å²) in [5.74, 6) is 8.33. The first kappa shape index (κ1) is 14.1. The Morgan fingerprint density at radius 2 is 2.05 bits per heavy atom. The van der Waals surface area contributed by atoms with E-state index in [2.05, 4.69) is 15.4 Å². The van der Waals surface area contributed by atoms with Gasteiger partial charge in [0.1, 0.15) is 11.6 Å². The molecule has 0 bridgehead atoms. The number of aromatic nitrogens is 2. The van der Waals surface area contributed by atoms with E-state index in [-0.39, 0.29) is 0 Å². The van der Waals surface area contributed by atoms with Gasteiger partial charge in [-0.3, -0.25) is 0 Å². The maximum atomic E-state index is 6.11. The lowest BCUT2D eigenvalue weighted by atomic mass is 10.2. The fourth-order valence-electron chi connectivity index (χ4n) is 1.64. The number of rotatable bonds is 5. The summed E-state index contributed by atoms with van der Waals surface area (Å²) >= 11 is 7.83. The molecule has 1 heterocycles. The van der Waals surface area contributed by atoms with E-state index in [0.717, 1.165) is 33.6 Å². The molecule has 3 N–H and O–H groups in total. The third-order valence-electron chi connectivity index (χ3n) is 2.49. The first-order valence-corrected chi connectivity index (χ1v) is 7.34. The lowest BCUT2D eigenvalue weighted by Gasteiger charge is -2.06. The second-order valence-electron chi connectivity index (χ2n) is 4.04. The largest absolute Gasteiger partial charge is 0.308 e. The highest BCUT2D eigenvalue weighted by Gasteiger charge is 2.03. The first-order valence-electron chi connectivity index (χ1n) is 5.81. The Morgan fingerprint density at radius 1 is 1.26 bits per heavy atom. The highest BCUT2D eigenvalue weighted by molar-refractivity contribution is 7.97. The molecular formula is C13H15ClN4S. The Balaban J connectivity index is 1.96. The van der Waals surface area contributed by atoms with Crippen LogP contribution in [0.15, 0.2) is 30.3 Å². The minimum atomic E-state index is 0.640. The molecule has 2 rings (SSSR count). The van der Waals surface area contributed by atoms with Gasteiger partial charge in [0.05, 0.1) is 5.75 Å². The van der Waals surface area contributed by atoms with E-state index < -0.39 is 0 Å². The zero-order valence-electron chi connectivity index (χ0n) is 10.6. The molecule has 1 aromatic carbocycles. The van der Waals surface area contributed by atoms with Gasteiger partial charge >= 0.3 is 0 Å². The summed E-state index contributed by atoms with van der Waals surface area (Å²) in [5, 5.41) is 0.796. The number of aryl methyl sites for hydroxylation is 1. The van der Waals surface area contributed by atoms with Crippen LogP contribution in [0.5, 0.6) is 0 Å². The number of hydrogen-bond donors (Lipinski definition) is 2. The van der Waals surface area contributed by atoms with Crippen molar-refractivity contribution >= 4 is 29.2 Å².